The molecule has 22 heavy (non-hydrogen) atoms. The van der Waals surface area contributed by atoms with Crippen molar-refractivity contribution >= 4 is 21.6 Å². The summed E-state index contributed by atoms with van der Waals surface area (Å²) in [5.41, 5.74) is -3.85. The maximum Gasteiger partial charge on any atom is 0.457 e. The molecule has 12 heteroatoms. The third kappa shape index (κ3) is 2.57. The molecule has 1 unspecified atom stereocenters. The largest absolute Gasteiger partial charge is 0.506 e. The van der Waals surface area contributed by atoms with Gasteiger partial charge in [-0.2, -0.15) is 35.1 Å². The fourth-order valence-corrected chi connectivity index (χ4v) is 1.97. The van der Waals surface area contributed by atoms with Crippen LogP contribution in [0.15, 0.2) is 16.6 Å². The summed E-state index contributed by atoms with van der Waals surface area (Å²) < 4.78 is 114. The average molecular weight is 406 g/mol. The van der Waals surface area contributed by atoms with Gasteiger partial charge in [-0.25, -0.2) is 4.39 Å². The summed E-state index contributed by atoms with van der Waals surface area (Å²) in [6, 6.07) is -0.255. The number of phenolic OH excluding ortho intramolecular Hbond substituents is 1. The van der Waals surface area contributed by atoms with Crippen LogP contribution in [0.2, 0.25) is 0 Å². The maximum atomic E-state index is 14.0. The maximum absolute atomic E-state index is 14.0. The molecule has 3 N–H and O–H groups in total. The van der Waals surface area contributed by atoms with Crippen LogP contribution in [0.25, 0.3) is 0 Å². The van der Waals surface area contributed by atoms with Crippen LogP contribution in [0.5, 0.6) is 5.75 Å². The van der Waals surface area contributed by atoms with E-state index < -0.39 is 45.4 Å². The Morgan fingerprint density at radius 1 is 0.864 bits per heavy atom. The Hall–Kier alpha value is -1.33. The van der Waals surface area contributed by atoms with Crippen LogP contribution in [0, 0.1) is 0 Å². The summed E-state index contributed by atoms with van der Waals surface area (Å²) in [5, 5.41) is 9.16. The van der Waals surface area contributed by atoms with Crippen molar-refractivity contribution in [2.45, 2.75) is 23.9 Å². The first kappa shape index (κ1) is 18.7. The van der Waals surface area contributed by atoms with Gasteiger partial charge in [0.2, 0.25) is 0 Å². The highest BCUT2D eigenvalue weighted by molar-refractivity contribution is 9.10. The summed E-state index contributed by atoms with van der Waals surface area (Å²) >= 11 is 2.43. The van der Waals surface area contributed by atoms with E-state index in [0.29, 0.717) is 0 Å². The molecular weight excluding hydrogens is 401 g/mol. The molecule has 126 valence electrons. The molecular formula is C10H5BrF9NO. The molecule has 0 heterocycles. The predicted octanol–water partition coefficient (Wildman–Crippen LogP) is 4.66. The van der Waals surface area contributed by atoms with Gasteiger partial charge in [0.05, 0.1) is 5.69 Å². The van der Waals surface area contributed by atoms with Crippen LogP contribution in [0.1, 0.15) is 5.56 Å². The average Bonchev–Trinajstić information content (AvgIpc) is 2.31. The number of anilines is 1. The van der Waals surface area contributed by atoms with Gasteiger partial charge in [0.15, 0.2) is 0 Å². The number of phenols is 1. The normalized spacial score (nSPS) is 16.5. The lowest BCUT2D eigenvalue weighted by atomic mass is 9.87. The van der Waals surface area contributed by atoms with Crippen LogP contribution in [-0.4, -0.2) is 23.4 Å². The number of halogens is 10. The number of nitrogens with two attached hydrogens (primary N) is 1. The zero-order chi connectivity index (χ0) is 17.7. The topological polar surface area (TPSA) is 46.2 Å². The van der Waals surface area contributed by atoms with Crippen molar-refractivity contribution in [2.75, 3.05) is 5.73 Å². The van der Waals surface area contributed by atoms with Crippen molar-refractivity contribution in [2.24, 2.45) is 0 Å². The first-order chi connectivity index (χ1) is 9.57. The van der Waals surface area contributed by atoms with E-state index in [1.165, 1.54) is 0 Å². The SMILES string of the molecule is Nc1c(O)cc(C(F)(C(F)(F)F)C(F)(F)C(F)(F)F)cc1Br. The van der Waals surface area contributed by atoms with Crippen LogP contribution < -0.4 is 5.73 Å². The predicted molar refractivity (Wildman–Crippen MR) is 60.1 cm³/mol. The zero-order valence-corrected chi connectivity index (χ0v) is 11.5. The second-order valence-corrected chi connectivity index (χ2v) is 4.97. The minimum atomic E-state index is -6.83. The molecule has 0 fully saturated rings. The lowest BCUT2D eigenvalue weighted by molar-refractivity contribution is -0.389. The van der Waals surface area contributed by atoms with Gasteiger partial charge in [-0.05, 0) is 28.1 Å². The molecule has 1 rings (SSSR count). The number of aromatic hydroxyl groups is 1. The van der Waals surface area contributed by atoms with Crippen LogP contribution >= 0.6 is 15.9 Å². The summed E-state index contributed by atoms with van der Waals surface area (Å²) in [4.78, 5) is 0. The van der Waals surface area contributed by atoms with Gasteiger partial charge in [0, 0.05) is 10.0 Å². The molecule has 0 saturated carbocycles. The van der Waals surface area contributed by atoms with E-state index in [1.54, 1.807) is 0 Å². The molecule has 0 saturated heterocycles. The first-order valence-electron chi connectivity index (χ1n) is 5.06. The first-order valence-corrected chi connectivity index (χ1v) is 5.85. The lowest BCUT2D eigenvalue weighted by Crippen LogP contribution is -2.59. The Kier molecular flexibility index (Phi) is 4.34. The van der Waals surface area contributed by atoms with E-state index >= 15 is 0 Å². The minimum absolute atomic E-state index is 0.0117. The highest BCUT2D eigenvalue weighted by atomic mass is 79.9. The van der Waals surface area contributed by atoms with Gasteiger partial charge >= 0.3 is 23.9 Å². The Morgan fingerprint density at radius 3 is 1.64 bits per heavy atom. The van der Waals surface area contributed by atoms with Crippen molar-refractivity contribution in [3.05, 3.63) is 22.2 Å². The number of rotatable bonds is 2. The van der Waals surface area contributed by atoms with E-state index in [4.69, 9.17) is 10.8 Å². The molecule has 0 radical (unpaired) electrons. The van der Waals surface area contributed by atoms with Crippen LogP contribution in [-0.2, 0) is 5.67 Å². The van der Waals surface area contributed by atoms with Gasteiger partial charge in [-0.15, -0.1) is 0 Å². The fourth-order valence-electron chi connectivity index (χ4n) is 1.52. The van der Waals surface area contributed by atoms with E-state index in [9.17, 15) is 39.5 Å². The second kappa shape index (κ2) is 5.10. The second-order valence-electron chi connectivity index (χ2n) is 4.12. The molecule has 0 spiro atoms. The van der Waals surface area contributed by atoms with E-state index in [1.807, 2.05) is 0 Å². The van der Waals surface area contributed by atoms with Crippen LogP contribution in [0.4, 0.5) is 45.2 Å². The number of alkyl halides is 9. The molecule has 1 aromatic rings. The molecule has 2 nitrogen and oxygen atoms in total. The molecule has 0 amide bonds. The number of hydrogen-bond donors (Lipinski definition) is 2. The fraction of sp³-hybridized carbons (Fsp3) is 0.400. The van der Waals surface area contributed by atoms with Gasteiger partial charge in [-0.1, -0.05) is 0 Å². The van der Waals surface area contributed by atoms with Gasteiger partial charge in [0.1, 0.15) is 5.75 Å². The Balaban J connectivity index is 3.77. The summed E-state index contributed by atoms with van der Waals surface area (Å²) in [5.74, 6) is -8.10. The highest BCUT2D eigenvalue weighted by Gasteiger charge is 2.81. The molecule has 1 aromatic carbocycles. The smallest absolute Gasteiger partial charge is 0.457 e. The molecule has 0 aliphatic rings. The molecule has 0 aliphatic carbocycles. The molecule has 0 bridgehead atoms. The summed E-state index contributed by atoms with van der Waals surface area (Å²) in [6.07, 6.45) is -13.5. The molecule has 0 aromatic heterocycles. The summed E-state index contributed by atoms with van der Waals surface area (Å²) in [6.45, 7) is 0. The Bertz CT molecular complexity index is 560. The minimum Gasteiger partial charge on any atom is -0.506 e. The quantitative estimate of drug-likeness (QED) is 0.427. The summed E-state index contributed by atoms with van der Waals surface area (Å²) in [7, 11) is 0. The Morgan fingerprint density at radius 2 is 1.32 bits per heavy atom. The lowest BCUT2D eigenvalue weighted by Gasteiger charge is -2.36. The van der Waals surface area contributed by atoms with Crippen LogP contribution in [0.3, 0.4) is 0 Å². The standard InChI is InChI=1S/C10H5BrF9NO/c11-4-1-3(2-5(22)6(4)21)7(12,9(15,16)17)8(13,14)10(18,19)20/h1-2,22H,21H2. The highest BCUT2D eigenvalue weighted by Crippen LogP contribution is 2.59. The van der Waals surface area contributed by atoms with Crippen molar-refractivity contribution in [1.29, 1.82) is 0 Å². The third-order valence-electron chi connectivity index (χ3n) is 2.68. The third-order valence-corrected chi connectivity index (χ3v) is 3.34. The van der Waals surface area contributed by atoms with E-state index in [-0.39, 0.29) is 12.1 Å². The Labute approximate surface area is 124 Å². The monoisotopic (exact) mass is 405 g/mol. The van der Waals surface area contributed by atoms with Gasteiger partial charge < -0.3 is 10.8 Å². The van der Waals surface area contributed by atoms with Crippen molar-refractivity contribution < 1.29 is 44.6 Å². The molecule has 1 atom stereocenters. The number of hydrogen-bond acceptors (Lipinski definition) is 2. The van der Waals surface area contributed by atoms with Gasteiger partial charge in [0.25, 0.3) is 0 Å². The number of benzene rings is 1. The van der Waals surface area contributed by atoms with E-state index in [0.717, 1.165) is 0 Å². The van der Waals surface area contributed by atoms with E-state index in [2.05, 4.69) is 15.9 Å². The van der Waals surface area contributed by atoms with Crippen molar-refractivity contribution in [3.8, 4) is 5.75 Å². The van der Waals surface area contributed by atoms with Gasteiger partial charge in [-0.3, -0.25) is 0 Å². The van der Waals surface area contributed by atoms with Crippen molar-refractivity contribution in [1.82, 2.24) is 0 Å². The molecule has 0 aliphatic heterocycles. The zero-order valence-electron chi connectivity index (χ0n) is 9.96. The van der Waals surface area contributed by atoms with Crippen molar-refractivity contribution in [3.63, 3.8) is 0 Å². The number of nitrogen functional groups attached to an aromatic ring is 1.